The minimum atomic E-state index is -0.649. The van der Waals surface area contributed by atoms with Gasteiger partial charge in [0.25, 0.3) is 0 Å². The lowest BCUT2D eigenvalue weighted by atomic mass is 10.1. The van der Waals surface area contributed by atoms with E-state index in [0.29, 0.717) is 6.04 Å². The largest absolute Gasteiger partial charge is 0.310 e. The first kappa shape index (κ1) is 13.3. The number of hydrogen-bond acceptors (Lipinski definition) is 3. The van der Waals surface area contributed by atoms with E-state index >= 15 is 0 Å². The highest BCUT2D eigenvalue weighted by molar-refractivity contribution is 7.99. The molecule has 0 aliphatic carbocycles. The van der Waals surface area contributed by atoms with Gasteiger partial charge in [-0.2, -0.15) is 17.0 Å². The zero-order valence-electron chi connectivity index (χ0n) is 9.88. The summed E-state index contributed by atoms with van der Waals surface area (Å²) in [6, 6.07) is 4.23. The Morgan fingerprint density at radius 2 is 1.89 bits per heavy atom. The number of benzene rings is 1. The van der Waals surface area contributed by atoms with E-state index in [9.17, 15) is 8.78 Å². The topological polar surface area (TPSA) is 35.8 Å². The van der Waals surface area contributed by atoms with Gasteiger partial charge in [0.1, 0.15) is 11.6 Å². The predicted molar refractivity (Wildman–Crippen MR) is 68.3 cm³/mol. The fourth-order valence-electron chi connectivity index (χ4n) is 1.98. The van der Waals surface area contributed by atoms with E-state index in [4.69, 9.17) is 5.26 Å². The molecule has 96 valence electrons. The first-order valence-electron chi connectivity index (χ1n) is 5.90. The van der Waals surface area contributed by atoms with Crippen molar-refractivity contribution in [2.24, 2.45) is 0 Å². The highest BCUT2D eigenvalue weighted by Crippen LogP contribution is 2.19. The Bertz CT molecular complexity index is 442. The van der Waals surface area contributed by atoms with E-state index in [0.717, 1.165) is 36.5 Å². The average molecular weight is 268 g/mol. The molecule has 0 amide bonds. The average Bonchev–Trinajstić information content (AvgIpc) is 2.38. The van der Waals surface area contributed by atoms with Crippen molar-refractivity contribution >= 4 is 11.8 Å². The second-order valence-corrected chi connectivity index (χ2v) is 5.52. The summed E-state index contributed by atoms with van der Waals surface area (Å²) in [7, 11) is 0. The summed E-state index contributed by atoms with van der Waals surface area (Å²) >= 11 is 1.91. The van der Waals surface area contributed by atoms with E-state index < -0.39 is 11.6 Å². The molecule has 1 saturated heterocycles. The number of halogens is 2. The maximum absolute atomic E-state index is 13.6. The predicted octanol–water partition coefficient (Wildman–Crippen LogP) is 2.82. The van der Waals surface area contributed by atoms with E-state index in [1.807, 2.05) is 11.8 Å². The van der Waals surface area contributed by atoms with Crippen LogP contribution in [0.1, 0.15) is 24.0 Å². The van der Waals surface area contributed by atoms with Gasteiger partial charge in [-0.25, -0.2) is 8.78 Å². The van der Waals surface area contributed by atoms with Crippen molar-refractivity contribution in [2.75, 3.05) is 11.5 Å². The van der Waals surface area contributed by atoms with Gasteiger partial charge in [-0.1, -0.05) is 0 Å². The van der Waals surface area contributed by atoms with E-state index in [1.165, 1.54) is 0 Å². The van der Waals surface area contributed by atoms with E-state index in [2.05, 4.69) is 5.32 Å². The van der Waals surface area contributed by atoms with Crippen LogP contribution in [0, 0.1) is 23.0 Å². The molecular weight excluding hydrogens is 254 g/mol. The molecule has 5 heteroatoms. The van der Waals surface area contributed by atoms with Crippen molar-refractivity contribution in [1.29, 1.82) is 5.26 Å². The molecule has 1 heterocycles. The fraction of sp³-hybridized carbons (Fsp3) is 0.462. The van der Waals surface area contributed by atoms with Gasteiger partial charge in [0, 0.05) is 18.2 Å². The Labute approximate surface area is 109 Å². The summed E-state index contributed by atoms with van der Waals surface area (Å²) in [5.41, 5.74) is 0.0371. The lowest BCUT2D eigenvalue weighted by molar-refractivity contribution is 0.460. The van der Waals surface area contributed by atoms with Crippen molar-refractivity contribution in [3.05, 3.63) is 34.9 Å². The van der Waals surface area contributed by atoms with E-state index in [-0.39, 0.29) is 17.7 Å². The second-order valence-electron chi connectivity index (χ2n) is 4.30. The van der Waals surface area contributed by atoms with Crippen LogP contribution < -0.4 is 5.32 Å². The quantitative estimate of drug-likeness (QED) is 0.915. The number of thioether (sulfide) groups is 1. The third-order valence-electron chi connectivity index (χ3n) is 3.06. The molecule has 1 aromatic carbocycles. The monoisotopic (exact) mass is 268 g/mol. The zero-order chi connectivity index (χ0) is 13.0. The molecule has 0 unspecified atom stereocenters. The molecule has 1 aromatic rings. The van der Waals surface area contributed by atoms with Gasteiger partial charge >= 0.3 is 0 Å². The summed E-state index contributed by atoms with van der Waals surface area (Å²) in [4.78, 5) is 0. The lowest BCUT2D eigenvalue weighted by Gasteiger charge is -2.22. The summed E-state index contributed by atoms with van der Waals surface area (Å²) < 4.78 is 27.2. The molecule has 1 fully saturated rings. The van der Waals surface area contributed by atoms with Crippen LogP contribution >= 0.6 is 11.8 Å². The standard InChI is InChI=1S/C13H14F2N2S/c14-12-5-9(7-16)6-13(15)11(12)8-17-10-1-3-18-4-2-10/h5-6,10,17H,1-4,8H2. The summed E-state index contributed by atoms with van der Waals surface area (Å²) in [6.45, 7) is 0.179. The second kappa shape index (κ2) is 6.17. The van der Waals surface area contributed by atoms with Crippen molar-refractivity contribution in [3.8, 4) is 6.07 Å². The van der Waals surface area contributed by atoms with Gasteiger partial charge in [-0.05, 0) is 36.5 Å². The van der Waals surface area contributed by atoms with Gasteiger partial charge in [-0.3, -0.25) is 0 Å². The van der Waals surface area contributed by atoms with Crippen molar-refractivity contribution in [2.45, 2.75) is 25.4 Å². The van der Waals surface area contributed by atoms with Gasteiger partial charge in [0.05, 0.1) is 11.6 Å². The highest BCUT2D eigenvalue weighted by atomic mass is 32.2. The normalized spacial score (nSPS) is 16.5. The fourth-order valence-corrected chi connectivity index (χ4v) is 3.09. The molecule has 2 nitrogen and oxygen atoms in total. The van der Waals surface area contributed by atoms with Crippen LogP contribution in [-0.4, -0.2) is 17.5 Å². The van der Waals surface area contributed by atoms with Crippen molar-refractivity contribution < 1.29 is 8.78 Å². The SMILES string of the molecule is N#Cc1cc(F)c(CNC2CCSCC2)c(F)c1. The summed E-state index contributed by atoms with van der Waals surface area (Å²) in [6.07, 6.45) is 2.06. The van der Waals surface area contributed by atoms with Crippen LogP contribution in [-0.2, 0) is 6.54 Å². The maximum atomic E-state index is 13.6. The Balaban J connectivity index is 2.02. The maximum Gasteiger partial charge on any atom is 0.131 e. The van der Waals surface area contributed by atoms with Gasteiger partial charge in [0.15, 0.2) is 0 Å². The zero-order valence-corrected chi connectivity index (χ0v) is 10.7. The minimum Gasteiger partial charge on any atom is -0.310 e. The van der Waals surface area contributed by atoms with Crippen LogP contribution in [0.15, 0.2) is 12.1 Å². The Hall–Kier alpha value is -1.12. The Morgan fingerprint density at radius 1 is 1.28 bits per heavy atom. The molecule has 0 spiro atoms. The van der Waals surface area contributed by atoms with Gasteiger partial charge in [0.2, 0.25) is 0 Å². The van der Waals surface area contributed by atoms with E-state index in [1.54, 1.807) is 6.07 Å². The third kappa shape index (κ3) is 3.21. The molecule has 18 heavy (non-hydrogen) atoms. The first-order valence-corrected chi connectivity index (χ1v) is 7.05. The molecule has 2 rings (SSSR count). The molecule has 1 aliphatic heterocycles. The molecule has 1 aliphatic rings. The molecular formula is C13H14F2N2S. The molecule has 0 atom stereocenters. The number of rotatable bonds is 3. The van der Waals surface area contributed by atoms with Gasteiger partial charge < -0.3 is 5.32 Å². The summed E-state index contributed by atoms with van der Waals surface area (Å²) in [5.74, 6) is 0.889. The number of hydrogen-bond donors (Lipinski definition) is 1. The molecule has 0 bridgehead atoms. The van der Waals surface area contributed by atoms with Crippen molar-refractivity contribution in [3.63, 3.8) is 0 Å². The third-order valence-corrected chi connectivity index (χ3v) is 4.11. The lowest BCUT2D eigenvalue weighted by Crippen LogP contribution is -2.32. The molecule has 0 aromatic heterocycles. The Kier molecular flexibility index (Phi) is 4.56. The Morgan fingerprint density at radius 3 is 2.44 bits per heavy atom. The molecule has 0 saturated carbocycles. The minimum absolute atomic E-state index is 0.0165. The van der Waals surface area contributed by atoms with Crippen LogP contribution in [0.5, 0.6) is 0 Å². The van der Waals surface area contributed by atoms with Gasteiger partial charge in [-0.15, -0.1) is 0 Å². The smallest absolute Gasteiger partial charge is 0.131 e. The van der Waals surface area contributed by atoms with Crippen molar-refractivity contribution in [1.82, 2.24) is 5.32 Å². The molecule has 1 N–H and O–H groups in total. The summed E-state index contributed by atoms with van der Waals surface area (Å²) in [5, 5.41) is 11.8. The first-order chi connectivity index (χ1) is 8.70. The number of nitrogens with one attached hydrogen (secondary N) is 1. The number of nitriles is 1. The van der Waals surface area contributed by atoms with Crippen LogP contribution in [0.4, 0.5) is 8.78 Å². The number of nitrogens with zero attached hydrogens (tertiary/aromatic N) is 1. The highest BCUT2D eigenvalue weighted by Gasteiger charge is 2.16. The molecule has 0 radical (unpaired) electrons. The van der Waals surface area contributed by atoms with Crippen LogP contribution in [0.25, 0.3) is 0 Å². The van der Waals surface area contributed by atoms with Crippen LogP contribution in [0.3, 0.4) is 0 Å². The van der Waals surface area contributed by atoms with Crippen LogP contribution in [0.2, 0.25) is 0 Å².